The monoisotopic (exact) mass is 389 g/mol. The van der Waals surface area contributed by atoms with Crippen LogP contribution in [0, 0.1) is 5.92 Å². The Bertz CT molecular complexity index is 663. The molecular formula is C21H31N3O4. The maximum atomic E-state index is 12.5. The summed E-state index contributed by atoms with van der Waals surface area (Å²) in [7, 11) is 0. The molecular weight excluding hydrogens is 358 g/mol. The standard InChI is InChI=1S/C21H31N3O4/c1-3-24(4-2)20(26)17-6-5-7-18(14-17)22-19(25)15-23-10-8-16(9-11-23)21-27-12-13-28-21/h5-7,14,16,21H,3-4,8-13,15H2,1-2H3,(H,22,25). The van der Waals surface area contributed by atoms with Crippen LogP contribution >= 0.6 is 0 Å². The maximum absolute atomic E-state index is 12.5. The summed E-state index contributed by atoms with van der Waals surface area (Å²) in [5.41, 5.74) is 1.25. The molecule has 2 heterocycles. The number of hydrogen-bond acceptors (Lipinski definition) is 5. The van der Waals surface area contributed by atoms with Crippen molar-refractivity contribution in [1.82, 2.24) is 9.80 Å². The number of anilines is 1. The molecule has 154 valence electrons. The Labute approximate surface area is 167 Å². The van der Waals surface area contributed by atoms with E-state index in [1.165, 1.54) is 0 Å². The van der Waals surface area contributed by atoms with Crippen LogP contribution in [0.25, 0.3) is 0 Å². The van der Waals surface area contributed by atoms with Crippen LogP contribution in [-0.2, 0) is 14.3 Å². The first kappa shape index (κ1) is 20.8. The normalized spacial score (nSPS) is 18.9. The van der Waals surface area contributed by atoms with Crippen molar-refractivity contribution in [3.05, 3.63) is 29.8 Å². The first-order valence-corrected chi connectivity index (χ1v) is 10.3. The zero-order chi connectivity index (χ0) is 19.9. The Morgan fingerprint density at radius 3 is 2.46 bits per heavy atom. The quantitative estimate of drug-likeness (QED) is 0.774. The minimum Gasteiger partial charge on any atom is -0.350 e. The van der Waals surface area contributed by atoms with Crippen LogP contribution < -0.4 is 5.32 Å². The molecule has 2 aliphatic heterocycles. The SMILES string of the molecule is CCN(CC)C(=O)c1cccc(NC(=O)CN2CCC(C3OCCO3)CC2)c1. The van der Waals surface area contributed by atoms with Crippen molar-refractivity contribution >= 4 is 17.5 Å². The van der Waals surface area contributed by atoms with E-state index in [1.807, 2.05) is 19.9 Å². The van der Waals surface area contributed by atoms with Gasteiger partial charge in [-0.3, -0.25) is 14.5 Å². The van der Waals surface area contributed by atoms with Gasteiger partial charge < -0.3 is 19.7 Å². The molecule has 0 aromatic heterocycles. The number of likely N-dealkylation sites (tertiary alicyclic amines) is 1. The zero-order valence-corrected chi connectivity index (χ0v) is 16.9. The van der Waals surface area contributed by atoms with E-state index < -0.39 is 0 Å². The Morgan fingerprint density at radius 2 is 1.82 bits per heavy atom. The lowest BCUT2D eigenvalue weighted by Gasteiger charge is -2.33. The van der Waals surface area contributed by atoms with Gasteiger partial charge in [0.15, 0.2) is 6.29 Å². The summed E-state index contributed by atoms with van der Waals surface area (Å²) >= 11 is 0. The highest BCUT2D eigenvalue weighted by Gasteiger charge is 2.30. The lowest BCUT2D eigenvalue weighted by atomic mass is 9.96. The van der Waals surface area contributed by atoms with E-state index in [9.17, 15) is 9.59 Å². The van der Waals surface area contributed by atoms with Crippen molar-refractivity contribution in [1.29, 1.82) is 0 Å². The van der Waals surface area contributed by atoms with E-state index in [4.69, 9.17) is 9.47 Å². The maximum Gasteiger partial charge on any atom is 0.253 e. The lowest BCUT2D eigenvalue weighted by molar-refractivity contribution is -0.119. The van der Waals surface area contributed by atoms with Crippen LogP contribution in [0.4, 0.5) is 5.69 Å². The summed E-state index contributed by atoms with van der Waals surface area (Å²) < 4.78 is 11.2. The summed E-state index contributed by atoms with van der Waals surface area (Å²) in [6.45, 7) is 8.70. The number of nitrogens with one attached hydrogen (secondary N) is 1. The van der Waals surface area contributed by atoms with E-state index in [2.05, 4.69) is 10.2 Å². The molecule has 0 bridgehead atoms. The van der Waals surface area contributed by atoms with Gasteiger partial charge in [0.05, 0.1) is 19.8 Å². The van der Waals surface area contributed by atoms with Gasteiger partial charge >= 0.3 is 0 Å². The van der Waals surface area contributed by atoms with Crippen molar-refractivity contribution in [2.75, 3.05) is 51.3 Å². The van der Waals surface area contributed by atoms with Gasteiger partial charge in [0.25, 0.3) is 5.91 Å². The second-order valence-electron chi connectivity index (χ2n) is 7.33. The fourth-order valence-corrected chi connectivity index (χ4v) is 3.86. The molecule has 28 heavy (non-hydrogen) atoms. The molecule has 1 aromatic carbocycles. The van der Waals surface area contributed by atoms with Gasteiger partial charge in [0.1, 0.15) is 0 Å². The fraction of sp³-hybridized carbons (Fsp3) is 0.619. The van der Waals surface area contributed by atoms with Crippen LogP contribution in [0.15, 0.2) is 24.3 Å². The van der Waals surface area contributed by atoms with E-state index >= 15 is 0 Å². The molecule has 0 radical (unpaired) electrons. The topological polar surface area (TPSA) is 71.1 Å². The smallest absolute Gasteiger partial charge is 0.253 e. The van der Waals surface area contributed by atoms with Gasteiger partial charge in [-0.2, -0.15) is 0 Å². The minimum absolute atomic E-state index is 0.0143. The van der Waals surface area contributed by atoms with Gasteiger partial charge in [-0.1, -0.05) is 6.07 Å². The van der Waals surface area contributed by atoms with Crippen molar-refractivity contribution in [3.63, 3.8) is 0 Å². The number of amides is 2. The summed E-state index contributed by atoms with van der Waals surface area (Å²) in [5, 5.41) is 2.93. The van der Waals surface area contributed by atoms with Crippen molar-refractivity contribution < 1.29 is 19.1 Å². The molecule has 0 saturated carbocycles. The number of nitrogens with zero attached hydrogens (tertiary/aromatic N) is 2. The second-order valence-corrected chi connectivity index (χ2v) is 7.33. The highest BCUT2D eigenvalue weighted by molar-refractivity contribution is 5.97. The van der Waals surface area contributed by atoms with E-state index in [0.29, 0.717) is 50.0 Å². The highest BCUT2D eigenvalue weighted by Crippen LogP contribution is 2.25. The Morgan fingerprint density at radius 1 is 1.14 bits per heavy atom. The Kier molecular flexibility index (Phi) is 7.42. The minimum atomic E-state index is -0.0675. The Balaban J connectivity index is 1.48. The molecule has 3 rings (SSSR count). The molecule has 1 aromatic rings. The molecule has 2 aliphatic rings. The molecule has 0 spiro atoms. The third-order valence-electron chi connectivity index (χ3n) is 5.48. The largest absolute Gasteiger partial charge is 0.350 e. The number of benzene rings is 1. The number of carbonyl (C=O) groups excluding carboxylic acids is 2. The van der Waals surface area contributed by atoms with Gasteiger partial charge in [0.2, 0.25) is 5.91 Å². The van der Waals surface area contributed by atoms with Crippen molar-refractivity contribution in [2.45, 2.75) is 33.0 Å². The van der Waals surface area contributed by atoms with Crippen LogP contribution in [0.1, 0.15) is 37.0 Å². The second kappa shape index (κ2) is 10.0. The van der Waals surface area contributed by atoms with Gasteiger partial charge in [-0.25, -0.2) is 0 Å². The zero-order valence-electron chi connectivity index (χ0n) is 16.9. The first-order valence-electron chi connectivity index (χ1n) is 10.3. The van der Waals surface area contributed by atoms with E-state index in [0.717, 1.165) is 25.9 Å². The van der Waals surface area contributed by atoms with Crippen molar-refractivity contribution in [3.8, 4) is 0 Å². The highest BCUT2D eigenvalue weighted by atomic mass is 16.7. The molecule has 0 aliphatic carbocycles. The number of hydrogen-bond donors (Lipinski definition) is 1. The predicted octanol–water partition coefficient (Wildman–Crippen LogP) is 2.19. The summed E-state index contributed by atoms with van der Waals surface area (Å²) in [6, 6.07) is 7.16. The van der Waals surface area contributed by atoms with Crippen LogP contribution in [0.2, 0.25) is 0 Å². The molecule has 2 amide bonds. The van der Waals surface area contributed by atoms with Gasteiger partial charge in [0, 0.05) is 30.3 Å². The molecule has 7 nitrogen and oxygen atoms in total. The Hall–Kier alpha value is -1.96. The predicted molar refractivity (Wildman–Crippen MR) is 107 cm³/mol. The average molecular weight is 389 g/mol. The third-order valence-corrected chi connectivity index (χ3v) is 5.48. The van der Waals surface area contributed by atoms with Crippen LogP contribution in [0.5, 0.6) is 0 Å². The van der Waals surface area contributed by atoms with E-state index in [1.54, 1.807) is 23.1 Å². The average Bonchev–Trinajstić information content (AvgIpc) is 3.24. The molecule has 0 unspecified atom stereocenters. The fourth-order valence-electron chi connectivity index (χ4n) is 3.86. The number of piperidine rings is 1. The molecule has 7 heteroatoms. The molecule has 2 saturated heterocycles. The lowest BCUT2D eigenvalue weighted by Crippen LogP contribution is -2.41. The van der Waals surface area contributed by atoms with Crippen LogP contribution in [0.3, 0.4) is 0 Å². The third kappa shape index (κ3) is 5.31. The molecule has 0 atom stereocenters. The molecule has 2 fully saturated rings. The summed E-state index contributed by atoms with van der Waals surface area (Å²) in [4.78, 5) is 28.9. The first-order chi connectivity index (χ1) is 13.6. The van der Waals surface area contributed by atoms with Crippen molar-refractivity contribution in [2.24, 2.45) is 5.92 Å². The van der Waals surface area contributed by atoms with Crippen LogP contribution in [-0.4, -0.2) is 73.8 Å². The number of ether oxygens (including phenoxy) is 2. The van der Waals surface area contributed by atoms with Gasteiger partial charge in [-0.15, -0.1) is 0 Å². The molecule has 1 N–H and O–H groups in total. The number of rotatable bonds is 7. The summed E-state index contributed by atoms with van der Waals surface area (Å²) in [6.07, 6.45) is 1.89. The summed E-state index contributed by atoms with van der Waals surface area (Å²) in [5.74, 6) is 0.350. The number of carbonyl (C=O) groups is 2. The van der Waals surface area contributed by atoms with E-state index in [-0.39, 0.29) is 18.1 Å². The van der Waals surface area contributed by atoms with Gasteiger partial charge in [-0.05, 0) is 58.0 Å².